The molecule has 0 spiro atoms. The number of hydrogen-bond acceptors (Lipinski definition) is 3. The van der Waals surface area contributed by atoms with Crippen LogP contribution in [0.4, 0.5) is 5.69 Å². The summed E-state index contributed by atoms with van der Waals surface area (Å²) >= 11 is 5.98. The van der Waals surface area contributed by atoms with Gasteiger partial charge >= 0.3 is 11.8 Å². The van der Waals surface area contributed by atoms with Crippen molar-refractivity contribution in [2.75, 3.05) is 11.9 Å². The van der Waals surface area contributed by atoms with E-state index in [1.807, 2.05) is 6.92 Å². The Balaban J connectivity index is 1.80. The molecule has 0 aromatic heterocycles. The summed E-state index contributed by atoms with van der Waals surface area (Å²) in [5.74, 6) is -1.31. The first kappa shape index (κ1) is 17.8. The van der Waals surface area contributed by atoms with Crippen molar-refractivity contribution in [1.82, 2.24) is 5.32 Å². The van der Waals surface area contributed by atoms with Crippen molar-refractivity contribution in [3.05, 3.63) is 28.8 Å². The average molecular weight is 339 g/mol. The van der Waals surface area contributed by atoms with Gasteiger partial charge in [0.2, 0.25) is 0 Å². The molecule has 6 heteroatoms. The quantitative estimate of drug-likeness (QED) is 0.738. The maximum Gasteiger partial charge on any atom is 0.313 e. The van der Waals surface area contributed by atoms with Crippen molar-refractivity contribution < 1.29 is 14.7 Å². The largest absolute Gasteiger partial charge is 0.391 e. The molecular formula is C17H23ClN2O3. The number of aliphatic hydroxyl groups excluding tert-OH is 1. The van der Waals surface area contributed by atoms with Gasteiger partial charge in [0.15, 0.2) is 0 Å². The number of benzene rings is 1. The molecule has 0 bridgehead atoms. The Kier molecular flexibility index (Phi) is 6.42. The van der Waals surface area contributed by atoms with Crippen molar-refractivity contribution in [2.24, 2.45) is 5.92 Å². The number of hydrogen-bond donors (Lipinski definition) is 3. The molecule has 1 fully saturated rings. The van der Waals surface area contributed by atoms with Crippen molar-refractivity contribution in [3.63, 3.8) is 0 Å². The number of nitrogens with one attached hydrogen (secondary N) is 2. The van der Waals surface area contributed by atoms with Crippen LogP contribution in [-0.2, 0) is 9.59 Å². The molecule has 2 rings (SSSR count). The van der Waals surface area contributed by atoms with E-state index in [1.54, 1.807) is 18.2 Å². The van der Waals surface area contributed by atoms with Gasteiger partial charge < -0.3 is 15.7 Å². The monoisotopic (exact) mass is 338 g/mol. The molecule has 5 nitrogen and oxygen atoms in total. The van der Waals surface area contributed by atoms with E-state index in [2.05, 4.69) is 10.6 Å². The van der Waals surface area contributed by atoms with Crippen LogP contribution in [-0.4, -0.2) is 29.6 Å². The normalized spacial score (nSPS) is 16.7. The summed E-state index contributed by atoms with van der Waals surface area (Å²) in [7, 11) is 0. The molecule has 1 aromatic carbocycles. The molecule has 0 heterocycles. The van der Waals surface area contributed by atoms with Gasteiger partial charge in [-0.2, -0.15) is 0 Å². The average Bonchev–Trinajstić information content (AvgIpc) is 2.56. The molecule has 0 saturated heterocycles. The van der Waals surface area contributed by atoms with Crippen LogP contribution in [0, 0.1) is 12.8 Å². The van der Waals surface area contributed by atoms with Crippen molar-refractivity contribution in [2.45, 2.75) is 45.1 Å². The van der Waals surface area contributed by atoms with Gasteiger partial charge in [-0.25, -0.2) is 0 Å². The second-order valence-electron chi connectivity index (χ2n) is 6.09. The van der Waals surface area contributed by atoms with E-state index in [0.717, 1.165) is 31.2 Å². The zero-order valence-corrected chi connectivity index (χ0v) is 14.0. The first-order chi connectivity index (χ1) is 11.0. The predicted molar refractivity (Wildman–Crippen MR) is 90.4 cm³/mol. The molecule has 3 N–H and O–H groups in total. The number of amides is 2. The number of halogens is 1. The first-order valence-corrected chi connectivity index (χ1v) is 8.38. The highest BCUT2D eigenvalue weighted by Gasteiger charge is 2.23. The minimum atomic E-state index is -0.763. The molecule has 126 valence electrons. The van der Waals surface area contributed by atoms with Crippen LogP contribution < -0.4 is 10.6 Å². The Morgan fingerprint density at radius 3 is 2.61 bits per heavy atom. The van der Waals surface area contributed by atoms with Gasteiger partial charge in [-0.1, -0.05) is 36.9 Å². The van der Waals surface area contributed by atoms with E-state index in [9.17, 15) is 14.7 Å². The van der Waals surface area contributed by atoms with Gasteiger partial charge in [0.1, 0.15) is 0 Å². The lowest BCUT2D eigenvalue weighted by Crippen LogP contribution is -2.42. The molecule has 0 unspecified atom stereocenters. The highest BCUT2D eigenvalue weighted by atomic mass is 35.5. The van der Waals surface area contributed by atoms with Crippen LogP contribution in [0.1, 0.15) is 37.7 Å². The molecular weight excluding hydrogens is 316 g/mol. The van der Waals surface area contributed by atoms with E-state index >= 15 is 0 Å². The van der Waals surface area contributed by atoms with Crippen molar-refractivity contribution in [1.29, 1.82) is 0 Å². The topological polar surface area (TPSA) is 78.4 Å². The maximum atomic E-state index is 11.8. The highest BCUT2D eigenvalue weighted by molar-refractivity contribution is 6.39. The lowest BCUT2D eigenvalue weighted by atomic mass is 9.85. The van der Waals surface area contributed by atoms with Gasteiger partial charge in [0.05, 0.1) is 6.10 Å². The van der Waals surface area contributed by atoms with Crippen LogP contribution in [0.5, 0.6) is 0 Å². The van der Waals surface area contributed by atoms with Crippen molar-refractivity contribution >= 4 is 29.1 Å². The van der Waals surface area contributed by atoms with Gasteiger partial charge in [-0.15, -0.1) is 0 Å². The van der Waals surface area contributed by atoms with Gasteiger partial charge in [0.25, 0.3) is 0 Å². The molecule has 1 aliphatic rings. The number of aliphatic hydroxyl groups is 1. The second-order valence-corrected chi connectivity index (χ2v) is 6.50. The number of aryl methyl sites for hydroxylation is 1. The molecule has 23 heavy (non-hydrogen) atoms. The Hall–Kier alpha value is -1.59. The van der Waals surface area contributed by atoms with Crippen LogP contribution in [0.2, 0.25) is 5.02 Å². The van der Waals surface area contributed by atoms with E-state index < -0.39 is 17.9 Å². The van der Waals surface area contributed by atoms with Gasteiger partial charge in [0, 0.05) is 17.3 Å². The summed E-state index contributed by atoms with van der Waals surface area (Å²) in [5, 5.41) is 15.6. The number of carbonyl (C=O) groups is 2. The molecule has 0 radical (unpaired) electrons. The molecule has 0 aliphatic heterocycles. The fraction of sp³-hybridized carbons (Fsp3) is 0.529. The molecule has 1 aromatic rings. The van der Waals surface area contributed by atoms with Gasteiger partial charge in [-0.05, 0) is 43.4 Å². The second kappa shape index (κ2) is 8.31. The number of anilines is 1. The summed E-state index contributed by atoms with van der Waals surface area (Å²) in [6.45, 7) is 1.96. The summed E-state index contributed by atoms with van der Waals surface area (Å²) < 4.78 is 0. The van der Waals surface area contributed by atoms with Crippen LogP contribution in [0.15, 0.2) is 18.2 Å². The number of rotatable bonds is 4. The SMILES string of the molecule is Cc1ccc(NC(=O)C(=O)NC[C@H](O)C2CCCCC2)cc1Cl. The van der Waals surface area contributed by atoms with Crippen molar-refractivity contribution in [3.8, 4) is 0 Å². The van der Waals surface area contributed by atoms with Crippen LogP contribution in [0.25, 0.3) is 0 Å². The van der Waals surface area contributed by atoms with E-state index in [4.69, 9.17) is 11.6 Å². The molecule has 2 amide bonds. The first-order valence-electron chi connectivity index (χ1n) is 8.01. The fourth-order valence-electron chi connectivity index (χ4n) is 2.82. The summed E-state index contributed by atoms with van der Waals surface area (Å²) in [6.07, 6.45) is 4.79. The number of carbonyl (C=O) groups excluding carboxylic acids is 2. The maximum absolute atomic E-state index is 11.8. The summed E-state index contributed by atoms with van der Waals surface area (Å²) in [6, 6.07) is 5.05. The summed E-state index contributed by atoms with van der Waals surface area (Å²) in [5.41, 5.74) is 1.36. The molecule has 1 saturated carbocycles. The molecule has 1 aliphatic carbocycles. The zero-order valence-electron chi connectivity index (χ0n) is 13.3. The van der Waals surface area contributed by atoms with Crippen LogP contribution >= 0.6 is 11.6 Å². The Morgan fingerprint density at radius 1 is 1.26 bits per heavy atom. The standard InChI is InChI=1S/C17H23ClN2O3/c1-11-7-8-13(9-14(11)18)20-17(23)16(22)19-10-15(21)12-5-3-2-4-6-12/h7-9,12,15,21H,2-6,10H2,1H3,(H,19,22)(H,20,23)/t15-/m0/s1. The zero-order chi connectivity index (χ0) is 16.8. The Morgan fingerprint density at radius 2 is 1.96 bits per heavy atom. The third-order valence-electron chi connectivity index (χ3n) is 4.30. The van der Waals surface area contributed by atoms with E-state index in [0.29, 0.717) is 10.7 Å². The lowest BCUT2D eigenvalue weighted by molar-refractivity contribution is -0.136. The third kappa shape index (κ3) is 5.22. The molecule has 1 atom stereocenters. The van der Waals surface area contributed by atoms with E-state index in [-0.39, 0.29) is 12.5 Å². The predicted octanol–water partition coefficient (Wildman–Crippen LogP) is 2.64. The fourth-order valence-corrected chi connectivity index (χ4v) is 3.00. The van der Waals surface area contributed by atoms with Gasteiger partial charge in [-0.3, -0.25) is 9.59 Å². The summed E-state index contributed by atoms with van der Waals surface area (Å²) in [4.78, 5) is 23.7. The van der Waals surface area contributed by atoms with Crippen LogP contribution in [0.3, 0.4) is 0 Å². The Bertz CT molecular complexity index is 571. The minimum absolute atomic E-state index is 0.103. The highest BCUT2D eigenvalue weighted by Crippen LogP contribution is 2.26. The third-order valence-corrected chi connectivity index (χ3v) is 4.71. The lowest BCUT2D eigenvalue weighted by Gasteiger charge is -2.26. The Labute approximate surface area is 141 Å². The minimum Gasteiger partial charge on any atom is -0.391 e. The van der Waals surface area contributed by atoms with E-state index in [1.165, 1.54) is 6.42 Å². The smallest absolute Gasteiger partial charge is 0.313 e.